The largest absolute Gasteiger partial charge is 0.465 e. The summed E-state index contributed by atoms with van der Waals surface area (Å²) in [6.45, 7) is 4.05. The third kappa shape index (κ3) is 5.29. The number of hydrogen-bond acceptors (Lipinski definition) is 5. The van der Waals surface area contributed by atoms with E-state index in [9.17, 15) is 14.0 Å². The zero-order chi connectivity index (χ0) is 19.9. The van der Waals surface area contributed by atoms with Crippen LogP contribution in [0.25, 0.3) is 0 Å². The molecule has 1 saturated heterocycles. The van der Waals surface area contributed by atoms with E-state index in [1.54, 1.807) is 36.4 Å². The normalized spacial score (nSPS) is 14.6. The molecule has 6 nitrogen and oxygen atoms in total. The predicted molar refractivity (Wildman–Crippen MR) is 106 cm³/mol. The Kier molecular flexibility index (Phi) is 6.60. The van der Waals surface area contributed by atoms with E-state index in [0.717, 1.165) is 31.9 Å². The second-order valence-electron chi connectivity index (χ2n) is 6.68. The lowest BCUT2D eigenvalue weighted by Gasteiger charge is -2.36. The summed E-state index contributed by atoms with van der Waals surface area (Å²) in [7, 11) is 1.32. The van der Waals surface area contributed by atoms with Gasteiger partial charge in [-0.15, -0.1) is 0 Å². The van der Waals surface area contributed by atoms with Gasteiger partial charge in [-0.3, -0.25) is 9.69 Å². The molecule has 1 N–H and O–H groups in total. The van der Waals surface area contributed by atoms with Crippen molar-refractivity contribution in [2.75, 3.05) is 50.1 Å². The number of piperazine rings is 1. The number of hydrogen-bond donors (Lipinski definition) is 1. The SMILES string of the molecule is COC(=O)c1cccc(NC(=O)CCN2CCN(c3ccc(F)cc3)CC2)c1. The van der Waals surface area contributed by atoms with Gasteiger partial charge >= 0.3 is 5.97 Å². The van der Waals surface area contributed by atoms with Crippen molar-refractivity contribution in [2.45, 2.75) is 6.42 Å². The number of carbonyl (C=O) groups excluding carboxylic acids is 2. The maximum atomic E-state index is 13.0. The molecule has 0 unspecified atom stereocenters. The lowest BCUT2D eigenvalue weighted by atomic mass is 10.2. The molecule has 28 heavy (non-hydrogen) atoms. The number of rotatable bonds is 6. The topological polar surface area (TPSA) is 61.9 Å². The van der Waals surface area contributed by atoms with Crippen LogP contribution in [0.4, 0.5) is 15.8 Å². The summed E-state index contributed by atoms with van der Waals surface area (Å²) in [5.41, 5.74) is 2.00. The van der Waals surface area contributed by atoms with Crippen molar-refractivity contribution in [3.8, 4) is 0 Å². The van der Waals surface area contributed by atoms with Crippen molar-refractivity contribution in [1.29, 1.82) is 0 Å². The first-order valence-electron chi connectivity index (χ1n) is 9.26. The van der Waals surface area contributed by atoms with Gasteiger partial charge in [-0.05, 0) is 42.5 Å². The highest BCUT2D eigenvalue weighted by Crippen LogP contribution is 2.17. The van der Waals surface area contributed by atoms with Crippen LogP contribution in [-0.4, -0.2) is 56.6 Å². The first-order valence-corrected chi connectivity index (χ1v) is 9.26. The molecule has 0 aromatic heterocycles. The molecule has 7 heteroatoms. The van der Waals surface area contributed by atoms with Crippen LogP contribution in [0.3, 0.4) is 0 Å². The average Bonchev–Trinajstić information content (AvgIpc) is 2.73. The van der Waals surface area contributed by atoms with Gasteiger partial charge in [0.25, 0.3) is 0 Å². The van der Waals surface area contributed by atoms with E-state index >= 15 is 0 Å². The van der Waals surface area contributed by atoms with Crippen LogP contribution in [0.1, 0.15) is 16.8 Å². The van der Waals surface area contributed by atoms with Crippen LogP contribution >= 0.6 is 0 Å². The van der Waals surface area contributed by atoms with Gasteiger partial charge in [0.05, 0.1) is 12.7 Å². The smallest absolute Gasteiger partial charge is 0.337 e. The molecule has 2 aromatic carbocycles. The third-order valence-electron chi connectivity index (χ3n) is 4.79. The molecular formula is C21H24FN3O3. The minimum absolute atomic E-state index is 0.0945. The number of benzene rings is 2. The summed E-state index contributed by atoms with van der Waals surface area (Å²) in [5, 5.41) is 2.82. The highest BCUT2D eigenvalue weighted by molar-refractivity contribution is 5.94. The molecule has 0 bridgehead atoms. The van der Waals surface area contributed by atoms with Gasteiger partial charge in [-0.1, -0.05) is 6.07 Å². The van der Waals surface area contributed by atoms with E-state index in [-0.39, 0.29) is 11.7 Å². The Bertz CT molecular complexity index is 818. The third-order valence-corrected chi connectivity index (χ3v) is 4.79. The van der Waals surface area contributed by atoms with Gasteiger partial charge in [0.15, 0.2) is 0 Å². The van der Waals surface area contributed by atoms with Crippen molar-refractivity contribution in [3.05, 3.63) is 59.9 Å². The second kappa shape index (κ2) is 9.32. The van der Waals surface area contributed by atoms with E-state index in [0.29, 0.717) is 24.2 Å². The van der Waals surface area contributed by atoms with Gasteiger partial charge in [-0.25, -0.2) is 9.18 Å². The van der Waals surface area contributed by atoms with Crippen LogP contribution in [0.5, 0.6) is 0 Å². The molecule has 148 valence electrons. The van der Waals surface area contributed by atoms with Crippen molar-refractivity contribution in [1.82, 2.24) is 4.90 Å². The van der Waals surface area contributed by atoms with Crippen LogP contribution in [0.15, 0.2) is 48.5 Å². The molecule has 0 atom stereocenters. The minimum atomic E-state index is -0.435. The van der Waals surface area contributed by atoms with Gasteiger partial charge in [0, 0.05) is 50.5 Å². The Hall–Kier alpha value is -2.93. The number of methoxy groups -OCH3 is 1. The Balaban J connectivity index is 1.43. The highest BCUT2D eigenvalue weighted by atomic mass is 19.1. The van der Waals surface area contributed by atoms with Crippen molar-refractivity contribution < 1.29 is 18.7 Å². The van der Waals surface area contributed by atoms with Crippen molar-refractivity contribution in [2.24, 2.45) is 0 Å². The molecule has 2 aromatic rings. The molecule has 1 aliphatic rings. The zero-order valence-corrected chi connectivity index (χ0v) is 15.9. The monoisotopic (exact) mass is 385 g/mol. The molecule has 0 aliphatic carbocycles. The molecule has 1 amide bonds. The number of carbonyl (C=O) groups is 2. The first-order chi connectivity index (χ1) is 13.5. The molecule has 0 spiro atoms. The van der Waals surface area contributed by atoms with E-state index in [1.165, 1.54) is 19.2 Å². The number of ether oxygens (including phenoxy) is 1. The molecule has 0 radical (unpaired) electrons. The summed E-state index contributed by atoms with van der Waals surface area (Å²) in [6.07, 6.45) is 0.374. The number of nitrogens with zero attached hydrogens (tertiary/aromatic N) is 2. The standard InChI is InChI=1S/C21H24FN3O3/c1-28-21(27)16-3-2-4-18(15-16)23-20(26)9-10-24-11-13-25(14-12-24)19-7-5-17(22)6-8-19/h2-8,15H,9-14H2,1H3,(H,23,26). The second-order valence-corrected chi connectivity index (χ2v) is 6.68. The Morgan fingerprint density at radius 2 is 1.79 bits per heavy atom. The Morgan fingerprint density at radius 3 is 2.46 bits per heavy atom. The van der Waals surface area contributed by atoms with E-state index in [4.69, 9.17) is 0 Å². The fraction of sp³-hybridized carbons (Fsp3) is 0.333. The fourth-order valence-corrected chi connectivity index (χ4v) is 3.21. The van der Waals surface area contributed by atoms with E-state index in [1.807, 2.05) is 0 Å². The maximum absolute atomic E-state index is 13.0. The maximum Gasteiger partial charge on any atom is 0.337 e. The van der Waals surface area contributed by atoms with Gasteiger partial charge in [0.1, 0.15) is 5.82 Å². The molecular weight excluding hydrogens is 361 g/mol. The van der Waals surface area contributed by atoms with E-state index < -0.39 is 5.97 Å². The Morgan fingerprint density at radius 1 is 1.07 bits per heavy atom. The minimum Gasteiger partial charge on any atom is -0.465 e. The molecule has 1 fully saturated rings. The lowest BCUT2D eigenvalue weighted by molar-refractivity contribution is -0.116. The number of halogens is 1. The Labute approximate surface area is 163 Å². The number of esters is 1. The molecule has 1 heterocycles. The van der Waals surface area contributed by atoms with Gasteiger partial charge in [0.2, 0.25) is 5.91 Å². The van der Waals surface area contributed by atoms with Gasteiger partial charge in [-0.2, -0.15) is 0 Å². The van der Waals surface area contributed by atoms with Crippen LogP contribution in [0, 0.1) is 5.82 Å². The molecule has 3 rings (SSSR count). The summed E-state index contributed by atoms with van der Waals surface area (Å²) >= 11 is 0. The summed E-state index contributed by atoms with van der Waals surface area (Å²) in [5.74, 6) is -0.761. The first kappa shape index (κ1) is 19.8. The summed E-state index contributed by atoms with van der Waals surface area (Å²) in [4.78, 5) is 28.2. The van der Waals surface area contributed by atoms with E-state index in [2.05, 4.69) is 19.9 Å². The fourth-order valence-electron chi connectivity index (χ4n) is 3.21. The summed E-state index contributed by atoms with van der Waals surface area (Å²) < 4.78 is 17.7. The lowest BCUT2D eigenvalue weighted by Crippen LogP contribution is -2.47. The average molecular weight is 385 g/mol. The quantitative estimate of drug-likeness (QED) is 0.775. The van der Waals surface area contributed by atoms with Crippen LogP contribution in [0.2, 0.25) is 0 Å². The highest BCUT2D eigenvalue weighted by Gasteiger charge is 2.18. The molecule has 1 aliphatic heterocycles. The number of anilines is 2. The summed E-state index contributed by atoms with van der Waals surface area (Å²) in [6, 6.07) is 13.2. The van der Waals surface area contributed by atoms with Crippen molar-refractivity contribution >= 4 is 23.3 Å². The van der Waals surface area contributed by atoms with Gasteiger partial charge < -0.3 is 15.0 Å². The van der Waals surface area contributed by atoms with Crippen LogP contribution < -0.4 is 10.2 Å². The van der Waals surface area contributed by atoms with Crippen LogP contribution in [-0.2, 0) is 9.53 Å². The van der Waals surface area contributed by atoms with Crippen molar-refractivity contribution in [3.63, 3.8) is 0 Å². The number of amides is 1. The zero-order valence-electron chi connectivity index (χ0n) is 15.9. The molecule has 0 saturated carbocycles. The number of nitrogens with one attached hydrogen (secondary N) is 1. The predicted octanol–water partition coefficient (Wildman–Crippen LogP) is 2.76.